The highest BCUT2D eigenvalue weighted by molar-refractivity contribution is 7.95. The number of carboxylic acids is 1. The number of sulfonamides is 1. The number of rotatable bonds is 4. The summed E-state index contributed by atoms with van der Waals surface area (Å²) in [4.78, 5) is 9.81. The maximum Gasteiger partial charge on any atom is 0.349 e. The molecule has 17 heavy (non-hydrogen) atoms. The van der Waals surface area contributed by atoms with Crippen molar-refractivity contribution in [1.82, 2.24) is 0 Å². The van der Waals surface area contributed by atoms with Gasteiger partial charge in [0, 0.05) is 11.8 Å². The molecule has 0 spiro atoms. The van der Waals surface area contributed by atoms with Crippen LogP contribution in [-0.4, -0.2) is 45.1 Å². The summed E-state index contributed by atoms with van der Waals surface area (Å²) in [6.45, 7) is 2.86. The molecule has 0 aromatic heterocycles. The van der Waals surface area contributed by atoms with Crippen LogP contribution in [0.1, 0.15) is 13.8 Å². The van der Waals surface area contributed by atoms with E-state index in [1.54, 1.807) is 0 Å². The van der Waals surface area contributed by atoms with E-state index < -0.39 is 41.7 Å². The van der Waals surface area contributed by atoms with Gasteiger partial charge in [0.15, 0.2) is 14.7 Å². The van der Waals surface area contributed by atoms with Gasteiger partial charge in [-0.15, -0.1) is 0 Å². The third kappa shape index (κ3) is 2.72. The number of carbonyl (C=O) groups is 1. The predicted octanol–water partition coefficient (Wildman–Crippen LogP) is -0.438. The number of sulfone groups is 1. The van der Waals surface area contributed by atoms with Crippen LogP contribution in [0.25, 0.3) is 0 Å². The normalized spacial score (nSPS) is 19.0. The van der Waals surface area contributed by atoms with Crippen molar-refractivity contribution in [2.24, 2.45) is 4.40 Å². The van der Waals surface area contributed by atoms with Gasteiger partial charge >= 0.3 is 5.97 Å². The predicted molar refractivity (Wildman–Crippen MR) is 61.0 cm³/mol. The van der Waals surface area contributed by atoms with Crippen molar-refractivity contribution in [3.05, 3.63) is 10.5 Å². The van der Waals surface area contributed by atoms with Crippen molar-refractivity contribution in [1.29, 1.82) is 0 Å². The zero-order valence-electron chi connectivity index (χ0n) is 9.11. The maximum atomic E-state index is 11.6. The molecule has 96 valence electrons. The Kier molecular flexibility index (Phi) is 3.44. The van der Waals surface area contributed by atoms with Crippen molar-refractivity contribution >= 4 is 32.0 Å². The molecule has 0 amide bonds. The highest BCUT2D eigenvalue weighted by Gasteiger charge is 2.34. The number of aliphatic carboxylic acids is 1. The molecule has 0 unspecified atom stereocenters. The molecular formula is C8H11NO6S2. The van der Waals surface area contributed by atoms with Crippen LogP contribution in [0.3, 0.4) is 0 Å². The first-order chi connectivity index (χ1) is 7.58. The largest absolute Gasteiger partial charge is 0.477 e. The molecule has 1 rings (SSSR count). The molecule has 0 aromatic rings. The van der Waals surface area contributed by atoms with E-state index in [0.29, 0.717) is 0 Å². The summed E-state index contributed by atoms with van der Waals surface area (Å²) in [6, 6.07) is 0. The van der Waals surface area contributed by atoms with Gasteiger partial charge in [0.1, 0.15) is 0 Å². The zero-order chi connectivity index (χ0) is 13.4. The molecule has 1 heterocycles. The van der Waals surface area contributed by atoms with Gasteiger partial charge in [0.2, 0.25) is 0 Å². The minimum atomic E-state index is -4.25. The van der Waals surface area contributed by atoms with E-state index in [-0.39, 0.29) is 5.57 Å². The average Bonchev–Trinajstić information content (AvgIpc) is 2.40. The Hall–Kier alpha value is -1.22. The van der Waals surface area contributed by atoms with Crippen LogP contribution in [0, 0.1) is 0 Å². The lowest BCUT2D eigenvalue weighted by Gasteiger charge is -2.07. The van der Waals surface area contributed by atoms with Gasteiger partial charge in [-0.05, 0) is 13.8 Å². The van der Waals surface area contributed by atoms with Gasteiger partial charge in [-0.1, -0.05) is 0 Å². The van der Waals surface area contributed by atoms with E-state index in [4.69, 9.17) is 5.11 Å². The molecule has 7 nitrogen and oxygen atoms in total. The van der Waals surface area contributed by atoms with E-state index in [1.165, 1.54) is 13.8 Å². The Morgan fingerprint density at radius 3 is 2.41 bits per heavy atom. The molecule has 0 atom stereocenters. The number of nitrogens with zero attached hydrogens (tertiary/aromatic N) is 1. The quantitative estimate of drug-likeness (QED) is 0.746. The van der Waals surface area contributed by atoms with E-state index >= 15 is 0 Å². The first-order valence-electron chi connectivity index (χ1n) is 4.56. The molecule has 0 aliphatic carbocycles. The van der Waals surface area contributed by atoms with E-state index in [2.05, 4.69) is 4.40 Å². The molecule has 1 aliphatic heterocycles. The average molecular weight is 281 g/mol. The topological polar surface area (TPSA) is 118 Å². The number of carboxylic acid groups (broad SMARTS) is 1. The summed E-state index contributed by atoms with van der Waals surface area (Å²) in [5.41, 5.74) is -0.300. The Bertz CT molecular complexity index is 608. The van der Waals surface area contributed by atoms with Crippen molar-refractivity contribution in [2.45, 2.75) is 19.1 Å². The minimum Gasteiger partial charge on any atom is -0.477 e. The van der Waals surface area contributed by atoms with Crippen LogP contribution in [0.15, 0.2) is 14.9 Å². The summed E-state index contributed by atoms with van der Waals surface area (Å²) in [6.07, 6.45) is 0.777. The monoisotopic (exact) mass is 281 g/mol. The molecule has 0 radical (unpaired) electrons. The molecule has 0 bridgehead atoms. The molecule has 0 saturated heterocycles. The Morgan fingerprint density at radius 1 is 1.47 bits per heavy atom. The van der Waals surface area contributed by atoms with Crippen molar-refractivity contribution in [3.8, 4) is 0 Å². The summed E-state index contributed by atoms with van der Waals surface area (Å²) < 4.78 is 48.7. The fraction of sp³-hybridized carbons (Fsp3) is 0.500. The van der Waals surface area contributed by atoms with Crippen molar-refractivity contribution in [2.75, 3.05) is 5.75 Å². The molecule has 1 aliphatic rings. The fourth-order valence-corrected chi connectivity index (χ4v) is 3.27. The Morgan fingerprint density at radius 2 is 2.00 bits per heavy atom. The maximum absolute atomic E-state index is 11.6. The second-order valence-electron chi connectivity index (χ2n) is 3.73. The highest BCUT2D eigenvalue weighted by Crippen LogP contribution is 2.22. The molecule has 0 fully saturated rings. The molecule has 0 saturated carbocycles. The number of hydrogen-bond donors (Lipinski definition) is 1. The lowest BCUT2D eigenvalue weighted by molar-refractivity contribution is -0.131. The third-order valence-corrected chi connectivity index (χ3v) is 5.65. The van der Waals surface area contributed by atoms with Gasteiger partial charge in [0.05, 0.1) is 11.0 Å². The second kappa shape index (κ2) is 4.22. The van der Waals surface area contributed by atoms with Crippen LogP contribution in [0.2, 0.25) is 0 Å². The Labute approximate surface area is 98.8 Å². The standard InChI is InChI=1S/C8H11NO6S2/c1-5(2)16(12,13)4-6-3-9-17(14,15)7(6)8(10)11/h3,5H,4H2,1-2H3,(H,10,11). The van der Waals surface area contributed by atoms with Crippen LogP contribution >= 0.6 is 0 Å². The number of hydrogen-bond acceptors (Lipinski definition) is 5. The van der Waals surface area contributed by atoms with E-state index in [0.717, 1.165) is 6.21 Å². The minimum absolute atomic E-state index is 0.300. The van der Waals surface area contributed by atoms with Gasteiger partial charge in [0.25, 0.3) is 10.0 Å². The highest BCUT2D eigenvalue weighted by atomic mass is 32.2. The fourth-order valence-electron chi connectivity index (χ4n) is 1.14. The summed E-state index contributed by atoms with van der Waals surface area (Å²) in [5.74, 6) is -2.34. The summed E-state index contributed by atoms with van der Waals surface area (Å²) in [5, 5.41) is 8.02. The lowest BCUT2D eigenvalue weighted by atomic mass is 10.3. The molecule has 1 N–H and O–H groups in total. The van der Waals surface area contributed by atoms with Gasteiger partial charge < -0.3 is 5.11 Å². The Balaban J connectivity index is 3.28. The lowest BCUT2D eigenvalue weighted by Crippen LogP contribution is -2.21. The molecule has 9 heteroatoms. The van der Waals surface area contributed by atoms with Crippen molar-refractivity contribution in [3.63, 3.8) is 0 Å². The van der Waals surface area contributed by atoms with Gasteiger partial charge in [-0.3, -0.25) is 0 Å². The van der Waals surface area contributed by atoms with Crippen LogP contribution < -0.4 is 0 Å². The smallest absolute Gasteiger partial charge is 0.349 e. The van der Waals surface area contributed by atoms with Crippen molar-refractivity contribution < 1.29 is 26.7 Å². The first kappa shape index (κ1) is 13.8. The summed E-state index contributed by atoms with van der Waals surface area (Å²) in [7, 11) is -7.82. The third-order valence-electron chi connectivity index (χ3n) is 2.17. The first-order valence-corrected chi connectivity index (χ1v) is 7.72. The van der Waals surface area contributed by atoms with Crippen LogP contribution in [-0.2, 0) is 24.7 Å². The second-order valence-corrected chi connectivity index (χ2v) is 7.85. The van der Waals surface area contributed by atoms with E-state index in [9.17, 15) is 21.6 Å². The molecule has 0 aromatic carbocycles. The zero-order valence-corrected chi connectivity index (χ0v) is 10.7. The van der Waals surface area contributed by atoms with Gasteiger partial charge in [-0.2, -0.15) is 12.8 Å². The van der Waals surface area contributed by atoms with E-state index in [1.807, 2.05) is 0 Å². The molecular weight excluding hydrogens is 270 g/mol. The van der Waals surface area contributed by atoms with Gasteiger partial charge in [-0.25, -0.2) is 13.2 Å². The van der Waals surface area contributed by atoms with Crippen LogP contribution in [0.5, 0.6) is 0 Å². The van der Waals surface area contributed by atoms with Crippen LogP contribution in [0.4, 0.5) is 0 Å². The summed E-state index contributed by atoms with van der Waals surface area (Å²) >= 11 is 0. The SMILES string of the molecule is CC(C)S(=O)(=O)CC1=C(C(=O)O)S(=O)(=O)N=C1.